The molecule has 1 fully saturated rings. The standard InChI is InChI=1S/C14H18BrF3N2O2/c1-19-4-6-20(7-5-19)8-9-21-11-2-3-12(15)13(10-11)22-14(16,17)18/h2-3,10H,4-9H2,1H3. The molecule has 0 aromatic heterocycles. The van der Waals surface area contributed by atoms with Crippen LogP contribution in [0.2, 0.25) is 0 Å². The van der Waals surface area contributed by atoms with E-state index in [0.717, 1.165) is 32.7 Å². The Hall–Kier alpha value is -0.990. The van der Waals surface area contributed by atoms with E-state index in [-0.39, 0.29) is 10.2 Å². The highest BCUT2D eigenvalue weighted by atomic mass is 79.9. The third-order valence-corrected chi connectivity index (χ3v) is 4.06. The second-order valence-electron chi connectivity index (χ2n) is 5.13. The van der Waals surface area contributed by atoms with Crippen LogP contribution in [-0.2, 0) is 0 Å². The van der Waals surface area contributed by atoms with E-state index in [0.29, 0.717) is 12.4 Å². The van der Waals surface area contributed by atoms with Crippen molar-refractivity contribution in [2.45, 2.75) is 6.36 Å². The maximum Gasteiger partial charge on any atom is 0.573 e. The molecule has 0 spiro atoms. The van der Waals surface area contributed by atoms with Gasteiger partial charge >= 0.3 is 6.36 Å². The second-order valence-corrected chi connectivity index (χ2v) is 5.99. The number of rotatable bonds is 5. The largest absolute Gasteiger partial charge is 0.573 e. The zero-order valence-electron chi connectivity index (χ0n) is 12.2. The van der Waals surface area contributed by atoms with Crippen molar-refractivity contribution < 1.29 is 22.6 Å². The van der Waals surface area contributed by atoms with Gasteiger partial charge in [0, 0.05) is 38.8 Å². The molecule has 4 nitrogen and oxygen atoms in total. The van der Waals surface area contributed by atoms with E-state index in [9.17, 15) is 13.2 Å². The van der Waals surface area contributed by atoms with E-state index >= 15 is 0 Å². The lowest BCUT2D eigenvalue weighted by molar-refractivity contribution is -0.274. The molecule has 0 atom stereocenters. The minimum absolute atomic E-state index is 0.233. The van der Waals surface area contributed by atoms with Crippen LogP contribution in [0.3, 0.4) is 0 Å². The van der Waals surface area contributed by atoms with E-state index in [2.05, 4.69) is 37.5 Å². The molecule has 1 aliphatic heterocycles. The lowest BCUT2D eigenvalue weighted by atomic mass is 10.3. The summed E-state index contributed by atoms with van der Waals surface area (Å²) in [4.78, 5) is 4.53. The van der Waals surface area contributed by atoms with Gasteiger partial charge in [0.1, 0.15) is 18.1 Å². The van der Waals surface area contributed by atoms with Crippen molar-refractivity contribution in [1.82, 2.24) is 9.80 Å². The van der Waals surface area contributed by atoms with Gasteiger partial charge in [0.2, 0.25) is 0 Å². The first-order valence-corrected chi connectivity index (χ1v) is 7.72. The number of benzene rings is 1. The van der Waals surface area contributed by atoms with Crippen LogP contribution in [0.15, 0.2) is 22.7 Å². The van der Waals surface area contributed by atoms with Crippen LogP contribution in [0.1, 0.15) is 0 Å². The molecule has 124 valence electrons. The quantitative estimate of drug-likeness (QED) is 0.781. The number of nitrogens with zero attached hydrogens (tertiary/aromatic N) is 2. The van der Waals surface area contributed by atoms with Gasteiger partial charge in [-0.15, -0.1) is 13.2 Å². The van der Waals surface area contributed by atoms with Crippen LogP contribution in [0.25, 0.3) is 0 Å². The first kappa shape index (κ1) is 17.4. The van der Waals surface area contributed by atoms with Crippen molar-refractivity contribution in [3.8, 4) is 11.5 Å². The van der Waals surface area contributed by atoms with E-state index < -0.39 is 6.36 Å². The summed E-state index contributed by atoms with van der Waals surface area (Å²) in [6, 6.07) is 4.32. The lowest BCUT2D eigenvalue weighted by Gasteiger charge is -2.32. The molecule has 0 radical (unpaired) electrons. The Morgan fingerprint density at radius 2 is 1.86 bits per heavy atom. The first-order valence-electron chi connectivity index (χ1n) is 6.92. The third-order valence-electron chi connectivity index (χ3n) is 3.40. The monoisotopic (exact) mass is 382 g/mol. The molecule has 0 N–H and O–H groups in total. The summed E-state index contributed by atoms with van der Waals surface area (Å²) in [5, 5.41) is 0. The van der Waals surface area contributed by atoms with Gasteiger partial charge in [-0.05, 0) is 35.1 Å². The van der Waals surface area contributed by atoms with Crippen LogP contribution in [0, 0.1) is 0 Å². The van der Waals surface area contributed by atoms with Crippen LogP contribution in [0.4, 0.5) is 13.2 Å². The van der Waals surface area contributed by atoms with Gasteiger partial charge < -0.3 is 14.4 Å². The third kappa shape index (κ3) is 5.66. The molecule has 1 heterocycles. The Balaban J connectivity index is 1.84. The number of ether oxygens (including phenoxy) is 2. The molecule has 0 amide bonds. The highest BCUT2D eigenvalue weighted by Crippen LogP contribution is 2.33. The predicted octanol–water partition coefficient (Wildman–Crippen LogP) is 2.97. The summed E-state index contributed by atoms with van der Waals surface area (Å²) in [6.45, 7) is 5.16. The Bertz CT molecular complexity index is 491. The molecular formula is C14H18BrF3N2O2. The van der Waals surface area contributed by atoms with Crippen LogP contribution >= 0.6 is 15.9 Å². The number of hydrogen-bond acceptors (Lipinski definition) is 4. The minimum atomic E-state index is -4.72. The van der Waals surface area contributed by atoms with E-state index in [1.807, 2.05) is 0 Å². The molecular weight excluding hydrogens is 365 g/mol. The average Bonchev–Trinajstić information content (AvgIpc) is 2.43. The number of hydrogen-bond donors (Lipinski definition) is 0. The number of alkyl halides is 3. The molecule has 1 aromatic carbocycles. The van der Waals surface area contributed by atoms with Gasteiger partial charge in [-0.3, -0.25) is 4.90 Å². The minimum Gasteiger partial charge on any atom is -0.492 e. The zero-order chi connectivity index (χ0) is 16.2. The maximum atomic E-state index is 12.3. The SMILES string of the molecule is CN1CCN(CCOc2ccc(Br)c(OC(F)(F)F)c2)CC1. The van der Waals surface area contributed by atoms with Gasteiger partial charge in [-0.2, -0.15) is 0 Å². The lowest BCUT2D eigenvalue weighted by Crippen LogP contribution is -2.45. The topological polar surface area (TPSA) is 24.9 Å². The van der Waals surface area contributed by atoms with E-state index in [1.54, 1.807) is 6.07 Å². The highest BCUT2D eigenvalue weighted by Gasteiger charge is 2.32. The Morgan fingerprint density at radius 1 is 1.18 bits per heavy atom. The molecule has 0 saturated carbocycles. The molecule has 1 saturated heterocycles. The fourth-order valence-corrected chi connectivity index (χ4v) is 2.47. The Labute approximate surface area is 135 Å². The van der Waals surface area contributed by atoms with Crippen molar-refractivity contribution in [3.05, 3.63) is 22.7 Å². The summed E-state index contributed by atoms with van der Waals surface area (Å²) in [6.07, 6.45) is -4.72. The van der Waals surface area contributed by atoms with Gasteiger partial charge in [0.15, 0.2) is 0 Å². The van der Waals surface area contributed by atoms with Crippen molar-refractivity contribution in [1.29, 1.82) is 0 Å². The molecule has 2 rings (SSSR count). The molecule has 0 bridgehead atoms. The Morgan fingerprint density at radius 3 is 2.50 bits per heavy atom. The van der Waals surface area contributed by atoms with Gasteiger partial charge in [0.05, 0.1) is 4.47 Å². The fourth-order valence-electron chi connectivity index (χ4n) is 2.14. The summed E-state index contributed by atoms with van der Waals surface area (Å²) < 4.78 is 46.5. The van der Waals surface area contributed by atoms with Gasteiger partial charge in [-0.25, -0.2) is 0 Å². The van der Waals surface area contributed by atoms with Crippen molar-refractivity contribution in [2.24, 2.45) is 0 Å². The molecule has 1 aromatic rings. The van der Waals surface area contributed by atoms with Crippen molar-refractivity contribution in [2.75, 3.05) is 46.4 Å². The predicted molar refractivity (Wildman–Crippen MR) is 80.3 cm³/mol. The Kier molecular flexibility index (Phi) is 5.94. The number of piperazine rings is 1. The summed E-state index contributed by atoms with van der Waals surface area (Å²) >= 11 is 3.03. The summed E-state index contributed by atoms with van der Waals surface area (Å²) in [7, 11) is 2.08. The number of likely N-dealkylation sites (N-methyl/N-ethyl adjacent to an activating group) is 1. The summed E-state index contributed by atoms with van der Waals surface area (Å²) in [5.41, 5.74) is 0. The van der Waals surface area contributed by atoms with Crippen LogP contribution in [-0.4, -0.2) is 62.5 Å². The highest BCUT2D eigenvalue weighted by molar-refractivity contribution is 9.10. The maximum absolute atomic E-state index is 12.3. The molecule has 0 unspecified atom stereocenters. The molecule has 1 aliphatic rings. The van der Waals surface area contributed by atoms with Crippen molar-refractivity contribution >= 4 is 15.9 Å². The van der Waals surface area contributed by atoms with Crippen LogP contribution in [0.5, 0.6) is 11.5 Å². The molecule has 22 heavy (non-hydrogen) atoms. The van der Waals surface area contributed by atoms with E-state index in [1.165, 1.54) is 12.1 Å². The summed E-state index contributed by atoms with van der Waals surface area (Å²) in [5.74, 6) is 0.0566. The van der Waals surface area contributed by atoms with Crippen LogP contribution < -0.4 is 9.47 Å². The first-order chi connectivity index (χ1) is 10.3. The zero-order valence-corrected chi connectivity index (χ0v) is 13.8. The average molecular weight is 383 g/mol. The number of halogens is 4. The molecule has 0 aliphatic carbocycles. The van der Waals surface area contributed by atoms with E-state index in [4.69, 9.17) is 4.74 Å². The molecule has 8 heteroatoms. The smallest absolute Gasteiger partial charge is 0.492 e. The van der Waals surface area contributed by atoms with Crippen molar-refractivity contribution in [3.63, 3.8) is 0 Å². The van der Waals surface area contributed by atoms with Gasteiger partial charge in [-0.1, -0.05) is 0 Å². The normalized spacial score (nSPS) is 17.5. The van der Waals surface area contributed by atoms with Gasteiger partial charge in [0.25, 0.3) is 0 Å². The fraction of sp³-hybridized carbons (Fsp3) is 0.571. The second kappa shape index (κ2) is 7.52.